The molecule has 2 rings (SSSR count). The summed E-state index contributed by atoms with van der Waals surface area (Å²) in [4.78, 5) is 2.89. The average Bonchev–Trinajstić information content (AvgIpc) is 2.33. The van der Waals surface area contributed by atoms with Crippen LogP contribution in [0.2, 0.25) is 0 Å². The van der Waals surface area contributed by atoms with Gasteiger partial charge in [0.2, 0.25) is 0 Å². The molecule has 2 atom stereocenters. The molecule has 2 heteroatoms. The first-order chi connectivity index (χ1) is 5.27. The number of hydrogen-bond acceptors (Lipinski definition) is 2. The van der Waals surface area contributed by atoms with E-state index in [1.54, 1.807) is 0 Å². The number of nitrogens with two attached hydrogens (primary N) is 1. The molecule has 60 valence electrons. The van der Waals surface area contributed by atoms with E-state index in [-0.39, 0.29) is 0 Å². The maximum atomic E-state index is 5.87. The smallest absolute Gasteiger partial charge is 0.0116 e. The van der Waals surface area contributed by atoms with Crippen molar-refractivity contribution in [2.75, 3.05) is 0 Å². The van der Waals surface area contributed by atoms with Crippen LogP contribution < -0.4 is 5.73 Å². The fourth-order valence-electron chi connectivity index (χ4n) is 1.53. The molecule has 0 saturated heterocycles. The average molecular weight is 167 g/mol. The van der Waals surface area contributed by atoms with Crippen LogP contribution in [0.15, 0.2) is 12.1 Å². The summed E-state index contributed by atoms with van der Waals surface area (Å²) in [6.07, 6.45) is 2.50. The molecule has 11 heavy (non-hydrogen) atoms. The van der Waals surface area contributed by atoms with Gasteiger partial charge in [-0.15, -0.1) is 11.3 Å². The Balaban J connectivity index is 2.16. The zero-order valence-corrected chi connectivity index (χ0v) is 7.53. The summed E-state index contributed by atoms with van der Waals surface area (Å²) in [5.74, 6) is 0.675. The van der Waals surface area contributed by atoms with Crippen molar-refractivity contribution in [2.45, 2.75) is 31.7 Å². The molecule has 1 saturated carbocycles. The molecule has 1 aromatic heterocycles. The van der Waals surface area contributed by atoms with Crippen LogP contribution in [0.25, 0.3) is 0 Å². The summed E-state index contributed by atoms with van der Waals surface area (Å²) in [5, 5.41) is 0. The molecule has 1 heterocycles. The molecule has 1 aliphatic rings. The third kappa shape index (κ3) is 1.21. The fraction of sp³-hybridized carbons (Fsp3) is 0.556. The van der Waals surface area contributed by atoms with Crippen LogP contribution in [0, 0.1) is 6.92 Å². The lowest BCUT2D eigenvalue weighted by Crippen LogP contribution is -2.36. The zero-order valence-electron chi connectivity index (χ0n) is 6.71. The summed E-state index contributed by atoms with van der Waals surface area (Å²) in [5.41, 5.74) is 5.87. The Morgan fingerprint density at radius 3 is 2.64 bits per heavy atom. The lowest BCUT2D eigenvalue weighted by molar-refractivity contribution is 0.351. The van der Waals surface area contributed by atoms with Gasteiger partial charge in [-0.1, -0.05) is 0 Å². The molecule has 1 fully saturated rings. The summed E-state index contributed by atoms with van der Waals surface area (Å²) in [6, 6.07) is 4.85. The maximum Gasteiger partial charge on any atom is 0.0116 e. The van der Waals surface area contributed by atoms with E-state index in [9.17, 15) is 0 Å². The highest BCUT2D eigenvalue weighted by Crippen LogP contribution is 2.38. The van der Waals surface area contributed by atoms with Crippen LogP contribution in [0.1, 0.15) is 28.5 Å². The third-order valence-corrected chi connectivity index (χ3v) is 3.59. The van der Waals surface area contributed by atoms with Gasteiger partial charge in [-0.25, -0.2) is 0 Å². The SMILES string of the molecule is Cc1ccc(C2CCC2N)s1. The Morgan fingerprint density at radius 2 is 2.27 bits per heavy atom. The van der Waals surface area contributed by atoms with E-state index < -0.39 is 0 Å². The van der Waals surface area contributed by atoms with Gasteiger partial charge in [-0.2, -0.15) is 0 Å². The van der Waals surface area contributed by atoms with Crippen LogP contribution in [-0.2, 0) is 0 Å². The molecule has 1 aliphatic carbocycles. The summed E-state index contributed by atoms with van der Waals surface area (Å²) in [7, 11) is 0. The van der Waals surface area contributed by atoms with Crippen molar-refractivity contribution in [3.8, 4) is 0 Å². The predicted molar refractivity (Wildman–Crippen MR) is 49.0 cm³/mol. The Labute approximate surface area is 71.2 Å². The number of aryl methyl sites for hydroxylation is 1. The van der Waals surface area contributed by atoms with Crippen LogP contribution in [-0.4, -0.2) is 6.04 Å². The molecule has 0 aliphatic heterocycles. The molecule has 1 aromatic rings. The molecule has 2 unspecified atom stereocenters. The monoisotopic (exact) mass is 167 g/mol. The van der Waals surface area contributed by atoms with Gasteiger partial charge in [0, 0.05) is 21.7 Å². The van der Waals surface area contributed by atoms with Crippen LogP contribution in [0.3, 0.4) is 0 Å². The second-order valence-electron chi connectivity index (χ2n) is 3.30. The molecule has 2 N–H and O–H groups in total. The van der Waals surface area contributed by atoms with Crippen LogP contribution >= 0.6 is 11.3 Å². The van der Waals surface area contributed by atoms with Crippen LogP contribution in [0.5, 0.6) is 0 Å². The van der Waals surface area contributed by atoms with E-state index in [4.69, 9.17) is 5.73 Å². The molecular formula is C9H13NS. The summed E-state index contributed by atoms with van der Waals surface area (Å²) in [6.45, 7) is 2.15. The van der Waals surface area contributed by atoms with Crippen molar-refractivity contribution < 1.29 is 0 Å². The van der Waals surface area contributed by atoms with Crippen molar-refractivity contribution in [3.63, 3.8) is 0 Å². The van der Waals surface area contributed by atoms with Crippen molar-refractivity contribution in [1.82, 2.24) is 0 Å². The van der Waals surface area contributed by atoms with E-state index in [0.29, 0.717) is 12.0 Å². The molecule has 0 spiro atoms. The quantitative estimate of drug-likeness (QED) is 0.682. The first-order valence-electron chi connectivity index (χ1n) is 4.09. The number of rotatable bonds is 1. The lowest BCUT2D eigenvalue weighted by atomic mass is 9.79. The summed E-state index contributed by atoms with van der Waals surface area (Å²) >= 11 is 1.90. The van der Waals surface area contributed by atoms with Crippen molar-refractivity contribution >= 4 is 11.3 Å². The number of thiophene rings is 1. The predicted octanol–water partition coefficient (Wildman–Crippen LogP) is 2.26. The van der Waals surface area contributed by atoms with Gasteiger partial charge in [0.05, 0.1) is 0 Å². The van der Waals surface area contributed by atoms with Gasteiger partial charge in [0.25, 0.3) is 0 Å². The van der Waals surface area contributed by atoms with Crippen molar-refractivity contribution in [3.05, 3.63) is 21.9 Å². The molecule has 0 amide bonds. The Morgan fingerprint density at radius 1 is 1.45 bits per heavy atom. The van der Waals surface area contributed by atoms with Crippen LogP contribution in [0.4, 0.5) is 0 Å². The second kappa shape index (κ2) is 2.61. The number of hydrogen-bond donors (Lipinski definition) is 1. The minimum Gasteiger partial charge on any atom is -0.327 e. The highest BCUT2D eigenvalue weighted by molar-refractivity contribution is 7.12. The van der Waals surface area contributed by atoms with E-state index in [0.717, 1.165) is 0 Å². The molecule has 1 nitrogen and oxygen atoms in total. The normalized spacial score (nSPS) is 30.0. The van der Waals surface area contributed by atoms with Gasteiger partial charge < -0.3 is 5.73 Å². The van der Waals surface area contributed by atoms with Gasteiger partial charge in [-0.3, -0.25) is 0 Å². The highest BCUT2D eigenvalue weighted by Gasteiger charge is 2.29. The Kier molecular flexibility index (Phi) is 1.74. The first-order valence-corrected chi connectivity index (χ1v) is 4.91. The fourth-order valence-corrected chi connectivity index (χ4v) is 2.62. The van der Waals surface area contributed by atoms with E-state index in [1.807, 2.05) is 11.3 Å². The van der Waals surface area contributed by atoms with Gasteiger partial charge in [0.1, 0.15) is 0 Å². The van der Waals surface area contributed by atoms with Gasteiger partial charge in [-0.05, 0) is 31.9 Å². The largest absolute Gasteiger partial charge is 0.327 e. The standard InChI is InChI=1S/C9H13NS/c1-6-2-5-9(11-6)7-3-4-8(7)10/h2,5,7-8H,3-4,10H2,1H3. The van der Waals surface area contributed by atoms with E-state index in [2.05, 4.69) is 19.1 Å². The maximum absolute atomic E-state index is 5.87. The third-order valence-electron chi connectivity index (χ3n) is 2.45. The Hall–Kier alpha value is -0.340. The topological polar surface area (TPSA) is 26.0 Å². The lowest BCUT2D eigenvalue weighted by Gasteiger charge is -2.32. The Bertz CT molecular complexity index is 254. The van der Waals surface area contributed by atoms with E-state index >= 15 is 0 Å². The van der Waals surface area contributed by atoms with Crippen molar-refractivity contribution in [1.29, 1.82) is 0 Å². The second-order valence-corrected chi connectivity index (χ2v) is 4.62. The van der Waals surface area contributed by atoms with Gasteiger partial charge in [0.15, 0.2) is 0 Å². The first kappa shape index (κ1) is 7.32. The van der Waals surface area contributed by atoms with Gasteiger partial charge >= 0.3 is 0 Å². The highest BCUT2D eigenvalue weighted by atomic mass is 32.1. The molecule has 0 aromatic carbocycles. The molecule has 0 radical (unpaired) electrons. The zero-order chi connectivity index (χ0) is 7.84. The van der Waals surface area contributed by atoms with Crippen molar-refractivity contribution in [2.24, 2.45) is 5.73 Å². The molecule has 0 bridgehead atoms. The minimum absolute atomic E-state index is 0.438. The summed E-state index contributed by atoms with van der Waals surface area (Å²) < 4.78 is 0. The molecular weight excluding hydrogens is 154 g/mol. The van der Waals surface area contributed by atoms with E-state index in [1.165, 1.54) is 22.6 Å². The minimum atomic E-state index is 0.438.